The van der Waals surface area contributed by atoms with E-state index in [1.807, 2.05) is 48.5 Å². The predicted molar refractivity (Wildman–Crippen MR) is 110 cm³/mol. The van der Waals surface area contributed by atoms with E-state index in [2.05, 4.69) is 18.3 Å². The molecule has 0 radical (unpaired) electrons. The van der Waals surface area contributed by atoms with E-state index in [4.69, 9.17) is 9.47 Å². The summed E-state index contributed by atoms with van der Waals surface area (Å²) >= 11 is 0. The van der Waals surface area contributed by atoms with E-state index in [0.717, 1.165) is 29.2 Å². The van der Waals surface area contributed by atoms with E-state index in [1.54, 1.807) is 13.3 Å². The van der Waals surface area contributed by atoms with Gasteiger partial charge in [-0.1, -0.05) is 44.4 Å². The number of ether oxygens (including phenoxy) is 2. The molecule has 0 heterocycles. The highest BCUT2D eigenvalue weighted by molar-refractivity contribution is 5.49. The van der Waals surface area contributed by atoms with Crippen molar-refractivity contribution in [2.75, 3.05) is 19.0 Å². The average Bonchev–Trinajstić information content (AvgIpc) is 2.72. The molecule has 0 saturated carbocycles. The van der Waals surface area contributed by atoms with Crippen molar-refractivity contribution in [3.8, 4) is 17.6 Å². The fraction of sp³-hybridized carbons (Fsp3) is 0.348. The number of nitrogens with zero attached hydrogens (tertiary/aromatic N) is 1. The van der Waals surface area contributed by atoms with Crippen molar-refractivity contribution in [3.63, 3.8) is 0 Å². The van der Waals surface area contributed by atoms with Crippen LogP contribution in [0.25, 0.3) is 0 Å². The molecule has 142 valence electrons. The summed E-state index contributed by atoms with van der Waals surface area (Å²) in [5.41, 5.74) is 2.50. The van der Waals surface area contributed by atoms with Crippen LogP contribution in [-0.4, -0.2) is 13.7 Å². The molecule has 4 nitrogen and oxygen atoms in total. The van der Waals surface area contributed by atoms with Gasteiger partial charge in [0, 0.05) is 29.4 Å². The summed E-state index contributed by atoms with van der Waals surface area (Å²) in [6, 6.07) is 17.8. The first-order chi connectivity index (χ1) is 13.3. The Hall–Kier alpha value is -2.93. The van der Waals surface area contributed by atoms with Crippen LogP contribution >= 0.6 is 0 Å². The van der Waals surface area contributed by atoms with Crippen LogP contribution in [-0.2, 0) is 6.42 Å². The van der Waals surface area contributed by atoms with Crippen LogP contribution in [0.15, 0.2) is 60.3 Å². The number of nitriles is 1. The Balaban J connectivity index is 2.03. The topological polar surface area (TPSA) is 54.3 Å². The highest BCUT2D eigenvalue weighted by Crippen LogP contribution is 2.26. The first kappa shape index (κ1) is 20.4. The summed E-state index contributed by atoms with van der Waals surface area (Å²) < 4.78 is 11.3. The Morgan fingerprint density at radius 1 is 1.11 bits per heavy atom. The zero-order chi connectivity index (χ0) is 19.3. The van der Waals surface area contributed by atoms with E-state index >= 15 is 0 Å². The third kappa shape index (κ3) is 7.07. The zero-order valence-corrected chi connectivity index (χ0v) is 16.2. The third-order valence-electron chi connectivity index (χ3n) is 4.23. The molecular formula is C23H28N2O2. The van der Waals surface area contributed by atoms with E-state index < -0.39 is 0 Å². The van der Waals surface area contributed by atoms with Crippen LogP contribution in [0, 0.1) is 11.3 Å². The van der Waals surface area contributed by atoms with Crippen LogP contribution in [0.2, 0.25) is 0 Å². The lowest BCUT2D eigenvalue weighted by Gasteiger charge is -2.12. The van der Waals surface area contributed by atoms with Gasteiger partial charge in [-0.05, 0) is 36.8 Å². The van der Waals surface area contributed by atoms with E-state index in [0.29, 0.717) is 18.6 Å². The van der Waals surface area contributed by atoms with Gasteiger partial charge >= 0.3 is 0 Å². The highest BCUT2D eigenvalue weighted by atomic mass is 16.5. The van der Waals surface area contributed by atoms with Crippen molar-refractivity contribution in [3.05, 3.63) is 65.9 Å². The Morgan fingerprint density at radius 3 is 2.63 bits per heavy atom. The Bertz CT molecular complexity index is 764. The molecule has 27 heavy (non-hydrogen) atoms. The quantitative estimate of drug-likeness (QED) is 0.409. The maximum absolute atomic E-state index is 9.49. The molecule has 2 rings (SSSR count). The van der Waals surface area contributed by atoms with Gasteiger partial charge in [0.05, 0.1) is 19.8 Å². The second-order valence-corrected chi connectivity index (χ2v) is 6.35. The number of anilines is 1. The number of hydrogen-bond acceptors (Lipinski definition) is 4. The predicted octanol–water partition coefficient (Wildman–Crippen LogP) is 5.72. The van der Waals surface area contributed by atoms with Crippen LogP contribution in [0.4, 0.5) is 5.69 Å². The van der Waals surface area contributed by atoms with Crippen molar-refractivity contribution < 1.29 is 9.47 Å². The van der Waals surface area contributed by atoms with Crippen molar-refractivity contribution in [2.24, 2.45) is 0 Å². The van der Waals surface area contributed by atoms with Crippen molar-refractivity contribution >= 4 is 5.69 Å². The van der Waals surface area contributed by atoms with Gasteiger partial charge < -0.3 is 14.8 Å². The second kappa shape index (κ2) is 11.6. The Labute approximate surface area is 162 Å². The number of rotatable bonds is 11. The first-order valence-electron chi connectivity index (χ1n) is 9.47. The van der Waals surface area contributed by atoms with E-state index in [1.165, 1.54) is 19.3 Å². The molecule has 0 amide bonds. The molecular weight excluding hydrogens is 336 g/mol. The minimum absolute atomic E-state index is 0.479. The van der Waals surface area contributed by atoms with Gasteiger partial charge in [-0.25, -0.2) is 0 Å². The molecule has 0 unspecified atom stereocenters. The number of unbranched alkanes of at least 4 members (excludes halogenated alkanes) is 3. The molecule has 0 aliphatic rings. The van der Waals surface area contributed by atoms with Crippen molar-refractivity contribution in [1.29, 1.82) is 5.26 Å². The van der Waals surface area contributed by atoms with Crippen LogP contribution < -0.4 is 14.8 Å². The summed E-state index contributed by atoms with van der Waals surface area (Å²) in [7, 11) is 1.64. The molecule has 0 spiro atoms. The standard InChI is InChI=1S/C23H28N2O2/c1-3-4-5-9-14-27-22-12-13-23(26-2)20(16-22)15-19(17-24)18-25-21-10-7-6-8-11-21/h6-8,10-13,16,18,25H,3-5,9,14-15H2,1-2H3/b19-18-. The monoisotopic (exact) mass is 364 g/mol. The van der Waals surface area contributed by atoms with Crippen LogP contribution in [0.1, 0.15) is 38.2 Å². The summed E-state index contributed by atoms with van der Waals surface area (Å²) in [5, 5.41) is 12.7. The average molecular weight is 364 g/mol. The number of hydrogen-bond donors (Lipinski definition) is 1. The molecule has 2 aromatic carbocycles. The fourth-order valence-corrected chi connectivity index (χ4v) is 2.73. The molecule has 4 heteroatoms. The zero-order valence-electron chi connectivity index (χ0n) is 16.2. The van der Waals surface area contributed by atoms with Gasteiger partial charge in [0.25, 0.3) is 0 Å². The van der Waals surface area contributed by atoms with Crippen molar-refractivity contribution in [2.45, 2.75) is 39.0 Å². The third-order valence-corrected chi connectivity index (χ3v) is 4.23. The number of allylic oxidation sites excluding steroid dienone is 1. The molecule has 1 N–H and O–H groups in total. The largest absolute Gasteiger partial charge is 0.496 e. The normalized spacial score (nSPS) is 10.9. The molecule has 0 aromatic heterocycles. The van der Waals surface area contributed by atoms with Crippen LogP contribution in [0.3, 0.4) is 0 Å². The van der Waals surface area contributed by atoms with E-state index in [-0.39, 0.29) is 0 Å². The fourth-order valence-electron chi connectivity index (χ4n) is 2.73. The Kier molecular flexibility index (Phi) is 8.79. The SMILES string of the molecule is CCCCCCOc1ccc(OC)c(C/C(C#N)=C/Nc2ccccc2)c1. The maximum Gasteiger partial charge on any atom is 0.122 e. The minimum atomic E-state index is 0.479. The Morgan fingerprint density at radius 2 is 1.93 bits per heavy atom. The lowest BCUT2D eigenvalue weighted by atomic mass is 10.1. The second-order valence-electron chi connectivity index (χ2n) is 6.35. The summed E-state index contributed by atoms with van der Waals surface area (Å²) in [5.74, 6) is 1.57. The molecule has 0 fully saturated rings. The summed E-state index contributed by atoms with van der Waals surface area (Å²) in [4.78, 5) is 0. The number of methoxy groups -OCH3 is 1. The van der Waals surface area contributed by atoms with Crippen molar-refractivity contribution in [1.82, 2.24) is 0 Å². The number of para-hydroxylation sites is 1. The number of benzene rings is 2. The van der Waals surface area contributed by atoms with Crippen LogP contribution in [0.5, 0.6) is 11.5 Å². The summed E-state index contributed by atoms with van der Waals surface area (Å²) in [6.07, 6.45) is 6.92. The molecule has 0 bridgehead atoms. The molecule has 2 aromatic rings. The molecule has 0 aliphatic heterocycles. The van der Waals surface area contributed by atoms with Gasteiger partial charge in [0.1, 0.15) is 11.5 Å². The lowest BCUT2D eigenvalue weighted by Crippen LogP contribution is -2.00. The smallest absolute Gasteiger partial charge is 0.122 e. The van der Waals surface area contributed by atoms with Gasteiger partial charge in [0.2, 0.25) is 0 Å². The molecule has 0 aliphatic carbocycles. The number of nitrogens with one attached hydrogen (secondary N) is 1. The van der Waals surface area contributed by atoms with E-state index in [9.17, 15) is 5.26 Å². The summed E-state index contributed by atoms with van der Waals surface area (Å²) in [6.45, 7) is 2.91. The van der Waals surface area contributed by atoms with Gasteiger partial charge in [-0.15, -0.1) is 0 Å². The molecule has 0 atom stereocenters. The first-order valence-corrected chi connectivity index (χ1v) is 9.47. The highest BCUT2D eigenvalue weighted by Gasteiger charge is 2.08. The van der Waals surface area contributed by atoms with Gasteiger partial charge in [-0.3, -0.25) is 0 Å². The minimum Gasteiger partial charge on any atom is -0.496 e. The van der Waals surface area contributed by atoms with Gasteiger partial charge in [0.15, 0.2) is 0 Å². The van der Waals surface area contributed by atoms with Gasteiger partial charge in [-0.2, -0.15) is 5.26 Å². The lowest BCUT2D eigenvalue weighted by molar-refractivity contribution is 0.304. The molecule has 0 saturated heterocycles. The maximum atomic E-state index is 9.49.